The van der Waals surface area contributed by atoms with Crippen molar-refractivity contribution in [2.45, 2.75) is 31.7 Å². The molecule has 0 aliphatic heterocycles. The molecule has 0 spiro atoms. The molecule has 3 rings (SSSR count). The van der Waals surface area contributed by atoms with E-state index in [2.05, 4.69) is 20.3 Å². The second-order valence-corrected chi connectivity index (χ2v) is 9.46. The Hall–Kier alpha value is -1.72. The lowest BCUT2D eigenvalue weighted by atomic mass is 9.96. The van der Waals surface area contributed by atoms with Gasteiger partial charge in [0.1, 0.15) is 5.82 Å². The summed E-state index contributed by atoms with van der Waals surface area (Å²) in [5, 5.41) is 6.22. The quantitative estimate of drug-likeness (QED) is 0.237. The lowest BCUT2D eigenvalue weighted by Gasteiger charge is -2.16. The lowest BCUT2D eigenvalue weighted by molar-refractivity contribution is 0.579. The molecule has 1 aliphatic carbocycles. The van der Waals surface area contributed by atoms with Gasteiger partial charge in [0.15, 0.2) is 5.96 Å². The molecular weight excluding hydrogens is 530 g/mol. The first-order valence-corrected chi connectivity index (χ1v) is 11.9. The standard InChI is InChI=1S/C22H29FN4O2S.HI/c1-2-24-21(26-17-22(11-12-22)19-9-6-10-20(23)15-19)25-13-14-30(28,29)27-16-18-7-4-3-5-8-18;/h3-10,15,27H,2,11-14,16-17H2,1H3,(H2,24,25,26);1H. The van der Waals surface area contributed by atoms with Crippen molar-refractivity contribution < 1.29 is 12.8 Å². The molecule has 0 aromatic heterocycles. The number of rotatable bonds is 10. The van der Waals surface area contributed by atoms with Gasteiger partial charge in [0, 0.05) is 25.0 Å². The van der Waals surface area contributed by atoms with Crippen molar-refractivity contribution in [2.24, 2.45) is 4.99 Å². The number of halogens is 2. The monoisotopic (exact) mass is 560 g/mol. The third kappa shape index (κ3) is 8.04. The molecule has 0 saturated heterocycles. The molecule has 170 valence electrons. The molecule has 1 fully saturated rings. The average Bonchev–Trinajstić information content (AvgIpc) is 3.53. The van der Waals surface area contributed by atoms with Crippen LogP contribution in [-0.2, 0) is 22.0 Å². The van der Waals surface area contributed by atoms with Gasteiger partial charge in [-0.05, 0) is 43.0 Å². The Morgan fingerprint density at radius 2 is 1.84 bits per heavy atom. The highest BCUT2D eigenvalue weighted by atomic mass is 127. The van der Waals surface area contributed by atoms with Crippen molar-refractivity contribution in [3.05, 3.63) is 71.5 Å². The molecule has 0 bridgehead atoms. The minimum Gasteiger partial charge on any atom is -0.357 e. The summed E-state index contributed by atoms with van der Waals surface area (Å²) in [6.45, 7) is 3.66. The SMILES string of the molecule is CCNC(=NCC1(c2cccc(F)c2)CC1)NCCS(=O)(=O)NCc1ccccc1.I. The molecule has 2 aromatic rings. The van der Waals surface area contributed by atoms with Crippen molar-refractivity contribution in [1.82, 2.24) is 15.4 Å². The van der Waals surface area contributed by atoms with E-state index < -0.39 is 10.0 Å². The van der Waals surface area contributed by atoms with E-state index in [0.29, 0.717) is 19.0 Å². The lowest BCUT2D eigenvalue weighted by Crippen LogP contribution is -2.41. The summed E-state index contributed by atoms with van der Waals surface area (Å²) in [6, 6.07) is 16.1. The molecule has 0 radical (unpaired) electrons. The molecule has 0 unspecified atom stereocenters. The van der Waals surface area contributed by atoms with Crippen LogP contribution in [0.2, 0.25) is 0 Å². The van der Waals surface area contributed by atoms with Gasteiger partial charge in [-0.15, -0.1) is 24.0 Å². The maximum Gasteiger partial charge on any atom is 0.213 e. The van der Waals surface area contributed by atoms with Crippen LogP contribution >= 0.6 is 24.0 Å². The molecule has 6 nitrogen and oxygen atoms in total. The highest BCUT2D eigenvalue weighted by molar-refractivity contribution is 14.0. The van der Waals surface area contributed by atoms with Gasteiger partial charge < -0.3 is 10.6 Å². The molecule has 0 heterocycles. The summed E-state index contributed by atoms with van der Waals surface area (Å²) in [5.41, 5.74) is 1.76. The first-order chi connectivity index (χ1) is 14.4. The van der Waals surface area contributed by atoms with Crippen molar-refractivity contribution in [3.63, 3.8) is 0 Å². The summed E-state index contributed by atoms with van der Waals surface area (Å²) < 4.78 is 40.7. The van der Waals surface area contributed by atoms with Gasteiger partial charge in [-0.1, -0.05) is 42.5 Å². The Labute approximate surface area is 201 Å². The van der Waals surface area contributed by atoms with Crippen LogP contribution in [0.4, 0.5) is 4.39 Å². The molecule has 0 amide bonds. The minimum atomic E-state index is -3.41. The first-order valence-electron chi connectivity index (χ1n) is 10.2. The van der Waals surface area contributed by atoms with E-state index in [4.69, 9.17) is 0 Å². The number of hydrogen-bond donors (Lipinski definition) is 3. The van der Waals surface area contributed by atoms with Crippen LogP contribution in [0.15, 0.2) is 59.6 Å². The third-order valence-corrected chi connectivity index (χ3v) is 6.50. The maximum atomic E-state index is 13.6. The maximum absolute atomic E-state index is 13.6. The zero-order valence-electron chi connectivity index (χ0n) is 17.6. The molecular formula is C22H30FIN4O2S. The van der Waals surface area contributed by atoms with Crippen LogP contribution < -0.4 is 15.4 Å². The van der Waals surface area contributed by atoms with Gasteiger partial charge in [-0.2, -0.15) is 0 Å². The largest absolute Gasteiger partial charge is 0.357 e. The van der Waals surface area contributed by atoms with Crippen molar-refractivity contribution >= 4 is 40.0 Å². The summed E-state index contributed by atoms with van der Waals surface area (Å²) in [6.07, 6.45) is 1.94. The average molecular weight is 560 g/mol. The van der Waals surface area contributed by atoms with Crippen molar-refractivity contribution in [1.29, 1.82) is 0 Å². The molecule has 2 aromatic carbocycles. The molecule has 31 heavy (non-hydrogen) atoms. The Balaban J connectivity index is 0.00000341. The Bertz CT molecular complexity index is 966. The Morgan fingerprint density at radius 1 is 1.10 bits per heavy atom. The zero-order chi connectivity index (χ0) is 21.5. The first kappa shape index (κ1) is 25.5. The molecule has 0 atom stereocenters. The van der Waals surface area contributed by atoms with Crippen molar-refractivity contribution in [2.75, 3.05) is 25.4 Å². The van der Waals surface area contributed by atoms with E-state index >= 15 is 0 Å². The fourth-order valence-electron chi connectivity index (χ4n) is 3.24. The van der Waals surface area contributed by atoms with Gasteiger partial charge >= 0.3 is 0 Å². The number of nitrogens with one attached hydrogen (secondary N) is 3. The van der Waals surface area contributed by atoms with E-state index in [1.807, 2.05) is 43.3 Å². The molecule has 1 aliphatic rings. The molecule has 1 saturated carbocycles. The number of benzene rings is 2. The summed E-state index contributed by atoms with van der Waals surface area (Å²) in [4.78, 5) is 4.62. The zero-order valence-corrected chi connectivity index (χ0v) is 20.8. The predicted molar refractivity (Wildman–Crippen MR) is 134 cm³/mol. The second kappa shape index (κ2) is 11.8. The van der Waals surface area contributed by atoms with Gasteiger partial charge in [-0.25, -0.2) is 17.5 Å². The number of sulfonamides is 1. The van der Waals surface area contributed by atoms with Gasteiger partial charge in [-0.3, -0.25) is 4.99 Å². The van der Waals surface area contributed by atoms with Gasteiger partial charge in [0.05, 0.1) is 12.3 Å². The van der Waals surface area contributed by atoms with Crippen LogP contribution in [-0.4, -0.2) is 39.8 Å². The molecule has 9 heteroatoms. The van der Waals surface area contributed by atoms with Crippen molar-refractivity contribution in [3.8, 4) is 0 Å². The van der Waals surface area contributed by atoms with Crippen LogP contribution in [0.3, 0.4) is 0 Å². The van der Waals surface area contributed by atoms with Gasteiger partial charge in [0.2, 0.25) is 10.0 Å². The molecule has 3 N–H and O–H groups in total. The Kier molecular flexibility index (Phi) is 9.70. The smallest absolute Gasteiger partial charge is 0.213 e. The Morgan fingerprint density at radius 3 is 2.48 bits per heavy atom. The van der Waals surface area contributed by atoms with E-state index in [1.165, 1.54) is 6.07 Å². The number of aliphatic imine (C=N–C) groups is 1. The highest BCUT2D eigenvalue weighted by Crippen LogP contribution is 2.48. The van der Waals surface area contributed by atoms with E-state index in [9.17, 15) is 12.8 Å². The number of nitrogens with zero attached hydrogens (tertiary/aromatic N) is 1. The third-order valence-electron chi connectivity index (χ3n) is 5.18. The van der Waals surface area contributed by atoms with E-state index in [1.54, 1.807) is 12.1 Å². The second-order valence-electron chi connectivity index (χ2n) is 7.54. The normalized spacial score (nSPS) is 15.1. The van der Waals surface area contributed by atoms with Crippen LogP contribution in [0.25, 0.3) is 0 Å². The topological polar surface area (TPSA) is 82.6 Å². The van der Waals surface area contributed by atoms with E-state index in [-0.39, 0.29) is 54.1 Å². The number of guanidine groups is 1. The van der Waals surface area contributed by atoms with E-state index in [0.717, 1.165) is 24.0 Å². The van der Waals surface area contributed by atoms with Crippen LogP contribution in [0.5, 0.6) is 0 Å². The summed E-state index contributed by atoms with van der Waals surface area (Å²) in [5.74, 6) is 0.277. The van der Waals surface area contributed by atoms with Crippen LogP contribution in [0.1, 0.15) is 30.9 Å². The predicted octanol–water partition coefficient (Wildman–Crippen LogP) is 3.15. The number of hydrogen-bond acceptors (Lipinski definition) is 3. The fourth-order valence-corrected chi connectivity index (χ4v) is 4.15. The summed E-state index contributed by atoms with van der Waals surface area (Å²) >= 11 is 0. The van der Waals surface area contributed by atoms with Gasteiger partial charge in [0.25, 0.3) is 0 Å². The minimum absolute atomic E-state index is 0. The van der Waals surface area contributed by atoms with Crippen LogP contribution in [0, 0.1) is 5.82 Å². The highest BCUT2D eigenvalue weighted by Gasteiger charge is 2.44. The fraction of sp³-hybridized carbons (Fsp3) is 0.409. The summed E-state index contributed by atoms with van der Waals surface area (Å²) in [7, 11) is -3.41.